The number of carbonyl (C=O) groups excluding carboxylic acids is 1. The van der Waals surface area contributed by atoms with Crippen molar-refractivity contribution in [3.05, 3.63) is 48.2 Å². The molecular formula is C18H22N2O4. The van der Waals surface area contributed by atoms with Crippen molar-refractivity contribution in [1.82, 2.24) is 9.47 Å². The van der Waals surface area contributed by atoms with E-state index in [2.05, 4.69) is 4.57 Å². The van der Waals surface area contributed by atoms with Gasteiger partial charge in [0.15, 0.2) is 0 Å². The lowest BCUT2D eigenvalue weighted by molar-refractivity contribution is -0.0200. The van der Waals surface area contributed by atoms with Crippen LogP contribution in [0.5, 0.6) is 0 Å². The molecule has 1 aliphatic carbocycles. The Hall–Kier alpha value is -2.05. The van der Waals surface area contributed by atoms with Gasteiger partial charge in [0.05, 0.1) is 25.5 Å². The van der Waals surface area contributed by atoms with E-state index in [0.29, 0.717) is 38.0 Å². The maximum atomic E-state index is 13.0. The van der Waals surface area contributed by atoms with Crippen molar-refractivity contribution in [3.63, 3.8) is 0 Å². The number of aliphatic hydroxyl groups is 1. The Morgan fingerprint density at radius 3 is 2.96 bits per heavy atom. The van der Waals surface area contributed by atoms with E-state index in [9.17, 15) is 9.90 Å². The second kappa shape index (κ2) is 6.45. The smallest absolute Gasteiger partial charge is 0.270 e. The molecule has 2 atom stereocenters. The van der Waals surface area contributed by atoms with Gasteiger partial charge in [-0.1, -0.05) is 0 Å². The summed E-state index contributed by atoms with van der Waals surface area (Å²) in [5.41, 5.74) is 0.733. The molecule has 1 N–H and O–H groups in total. The Kier molecular flexibility index (Phi) is 4.16. The molecule has 2 unspecified atom stereocenters. The molecule has 1 amide bonds. The number of nitrogens with zero attached hydrogens (tertiary/aromatic N) is 2. The third-order valence-corrected chi connectivity index (χ3v) is 4.79. The third kappa shape index (κ3) is 2.99. The van der Waals surface area contributed by atoms with Gasteiger partial charge in [-0.2, -0.15) is 0 Å². The van der Waals surface area contributed by atoms with Gasteiger partial charge in [0.1, 0.15) is 17.6 Å². The first-order chi connectivity index (χ1) is 11.7. The summed E-state index contributed by atoms with van der Waals surface area (Å²) in [6.07, 6.45) is 5.47. The molecule has 6 heteroatoms. The van der Waals surface area contributed by atoms with Gasteiger partial charge in [-0.15, -0.1) is 0 Å². The number of aliphatic hydroxyl groups excluding tert-OH is 1. The molecule has 6 nitrogen and oxygen atoms in total. The van der Waals surface area contributed by atoms with Crippen LogP contribution in [0.1, 0.15) is 47.7 Å². The molecule has 128 valence electrons. The molecular weight excluding hydrogens is 308 g/mol. The largest absolute Gasteiger partial charge is 0.467 e. The predicted octanol–water partition coefficient (Wildman–Crippen LogP) is 2.38. The Bertz CT molecular complexity index is 690. The molecule has 2 aromatic heterocycles. The lowest BCUT2D eigenvalue weighted by atomic mass is 10.0. The number of furan rings is 1. The van der Waals surface area contributed by atoms with Gasteiger partial charge in [0.2, 0.25) is 0 Å². The van der Waals surface area contributed by atoms with Gasteiger partial charge in [-0.05, 0) is 37.1 Å². The first kappa shape index (κ1) is 15.5. The van der Waals surface area contributed by atoms with Crippen molar-refractivity contribution >= 4 is 5.91 Å². The number of morpholine rings is 1. The summed E-state index contributed by atoms with van der Waals surface area (Å²) in [7, 11) is 0. The van der Waals surface area contributed by atoms with E-state index >= 15 is 0 Å². The number of rotatable bonds is 5. The van der Waals surface area contributed by atoms with E-state index in [4.69, 9.17) is 9.15 Å². The van der Waals surface area contributed by atoms with Crippen LogP contribution >= 0.6 is 0 Å². The highest BCUT2D eigenvalue weighted by molar-refractivity contribution is 5.93. The van der Waals surface area contributed by atoms with Gasteiger partial charge in [0, 0.05) is 25.2 Å². The summed E-state index contributed by atoms with van der Waals surface area (Å²) in [6, 6.07) is 7.62. The van der Waals surface area contributed by atoms with Crippen LogP contribution in [0.3, 0.4) is 0 Å². The number of amides is 1. The van der Waals surface area contributed by atoms with E-state index in [-0.39, 0.29) is 11.9 Å². The van der Waals surface area contributed by atoms with Crippen LogP contribution in [0, 0.1) is 0 Å². The minimum atomic E-state index is -0.739. The van der Waals surface area contributed by atoms with Crippen LogP contribution in [0.4, 0.5) is 0 Å². The topological polar surface area (TPSA) is 67.8 Å². The van der Waals surface area contributed by atoms with Crippen molar-refractivity contribution in [1.29, 1.82) is 0 Å². The third-order valence-electron chi connectivity index (χ3n) is 4.79. The summed E-state index contributed by atoms with van der Waals surface area (Å²) >= 11 is 0. The first-order valence-corrected chi connectivity index (χ1v) is 8.51. The highest BCUT2D eigenvalue weighted by Gasteiger charge is 2.34. The molecule has 24 heavy (non-hydrogen) atoms. The predicted molar refractivity (Wildman–Crippen MR) is 86.6 cm³/mol. The Balaban J connectivity index is 1.51. The SMILES string of the molecule is O=C(c1cccn1C1CC1)N1CCOCC1CC(O)c1ccco1. The van der Waals surface area contributed by atoms with Crippen molar-refractivity contribution in [3.8, 4) is 0 Å². The van der Waals surface area contributed by atoms with Crippen molar-refractivity contribution in [2.24, 2.45) is 0 Å². The molecule has 2 aliphatic rings. The summed E-state index contributed by atoms with van der Waals surface area (Å²) < 4.78 is 12.9. The average molecular weight is 330 g/mol. The molecule has 2 aromatic rings. The van der Waals surface area contributed by atoms with Crippen LogP contribution in [-0.2, 0) is 4.74 Å². The van der Waals surface area contributed by atoms with Gasteiger partial charge < -0.3 is 23.7 Å². The number of hydrogen-bond donors (Lipinski definition) is 1. The number of ether oxygens (including phenoxy) is 1. The molecule has 1 saturated heterocycles. The second-order valence-corrected chi connectivity index (χ2v) is 6.53. The first-order valence-electron chi connectivity index (χ1n) is 8.51. The molecule has 0 spiro atoms. The molecule has 0 radical (unpaired) electrons. The zero-order valence-electron chi connectivity index (χ0n) is 13.5. The second-order valence-electron chi connectivity index (χ2n) is 6.53. The van der Waals surface area contributed by atoms with Crippen LogP contribution in [0.25, 0.3) is 0 Å². The van der Waals surface area contributed by atoms with Crippen LogP contribution in [0.15, 0.2) is 41.1 Å². The normalized spacial score (nSPS) is 22.5. The Morgan fingerprint density at radius 2 is 2.21 bits per heavy atom. The number of aromatic nitrogens is 1. The summed E-state index contributed by atoms with van der Waals surface area (Å²) in [5.74, 6) is 0.543. The van der Waals surface area contributed by atoms with Crippen molar-refractivity contribution in [2.45, 2.75) is 37.5 Å². The van der Waals surface area contributed by atoms with Crippen LogP contribution < -0.4 is 0 Å². The fraction of sp³-hybridized carbons (Fsp3) is 0.500. The summed E-state index contributed by atoms with van der Waals surface area (Å²) in [5, 5.41) is 10.4. The number of hydrogen-bond acceptors (Lipinski definition) is 4. The van der Waals surface area contributed by atoms with Crippen LogP contribution in [-0.4, -0.2) is 46.3 Å². The molecule has 2 fully saturated rings. The average Bonchev–Trinajstić information content (AvgIpc) is 3.11. The Labute approximate surface area is 140 Å². The minimum absolute atomic E-state index is 0.0202. The molecule has 0 bridgehead atoms. The fourth-order valence-corrected chi connectivity index (χ4v) is 3.37. The molecule has 3 heterocycles. The zero-order chi connectivity index (χ0) is 16.5. The summed E-state index contributed by atoms with van der Waals surface area (Å²) in [6.45, 7) is 1.51. The molecule has 1 saturated carbocycles. The molecule has 4 rings (SSSR count). The molecule has 0 aromatic carbocycles. The lowest BCUT2D eigenvalue weighted by Gasteiger charge is -2.36. The van der Waals surface area contributed by atoms with Crippen molar-refractivity contribution < 1.29 is 19.1 Å². The van der Waals surface area contributed by atoms with E-state index in [1.165, 1.54) is 0 Å². The monoisotopic (exact) mass is 330 g/mol. The van der Waals surface area contributed by atoms with E-state index < -0.39 is 6.10 Å². The standard InChI is InChI=1S/C18H22N2O4/c21-16(17-4-2-9-24-17)11-14-12-23-10-8-20(14)18(22)15-3-1-7-19(15)13-5-6-13/h1-4,7,9,13-14,16,21H,5-6,8,10-12H2. The quantitative estimate of drug-likeness (QED) is 0.914. The fourth-order valence-electron chi connectivity index (χ4n) is 3.37. The highest BCUT2D eigenvalue weighted by Crippen LogP contribution is 2.36. The van der Waals surface area contributed by atoms with Gasteiger partial charge in [0.25, 0.3) is 5.91 Å². The molecule has 1 aliphatic heterocycles. The van der Waals surface area contributed by atoms with E-state index in [1.807, 2.05) is 23.2 Å². The lowest BCUT2D eigenvalue weighted by Crippen LogP contribution is -2.49. The van der Waals surface area contributed by atoms with Gasteiger partial charge in [-0.3, -0.25) is 4.79 Å². The van der Waals surface area contributed by atoms with E-state index in [1.54, 1.807) is 18.4 Å². The summed E-state index contributed by atoms with van der Waals surface area (Å²) in [4.78, 5) is 14.9. The van der Waals surface area contributed by atoms with E-state index in [0.717, 1.165) is 18.5 Å². The minimum Gasteiger partial charge on any atom is -0.467 e. The number of carbonyl (C=O) groups is 1. The van der Waals surface area contributed by atoms with Crippen molar-refractivity contribution in [2.75, 3.05) is 19.8 Å². The maximum Gasteiger partial charge on any atom is 0.270 e. The van der Waals surface area contributed by atoms with Crippen LogP contribution in [0.2, 0.25) is 0 Å². The van der Waals surface area contributed by atoms with Gasteiger partial charge in [-0.25, -0.2) is 0 Å². The zero-order valence-corrected chi connectivity index (χ0v) is 13.5. The maximum absolute atomic E-state index is 13.0. The van der Waals surface area contributed by atoms with Gasteiger partial charge >= 0.3 is 0 Å². The highest BCUT2D eigenvalue weighted by atomic mass is 16.5. The Morgan fingerprint density at radius 1 is 1.33 bits per heavy atom.